The van der Waals surface area contributed by atoms with Gasteiger partial charge in [0.15, 0.2) is 0 Å². The van der Waals surface area contributed by atoms with Crippen molar-refractivity contribution in [2.45, 2.75) is 39.2 Å². The van der Waals surface area contributed by atoms with Crippen LogP contribution in [-0.2, 0) is 22.8 Å². The standard InChI is InChI=1S/C11H20N2O2S/c1-3-4-6-11-12-7-9-13(11)8-5-10-16(2,14)15/h7,9H,3-6,8,10H2,1-2H3. The Labute approximate surface area is 97.6 Å². The molecule has 1 heterocycles. The molecule has 0 aromatic carbocycles. The number of unbranched alkanes of at least 4 members (excludes halogenated alkanes) is 1. The molecule has 92 valence electrons. The van der Waals surface area contributed by atoms with Crippen LogP contribution < -0.4 is 0 Å². The van der Waals surface area contributed by atoms with Gasteiger partial charge < -0.3 is 4.57 Å². The summed E-state index contributed by atoms with van der Waals surface area (Å²) in [4.78, 5) is 4.28. The molecule has 1 aromatic rings. The van der Waals surface area contributed by atoms with Gasteiger partial charge in [-0.3, -0.25) is 0 Å². The molecular formula is C11H20N2O2S. The predicted molar refractivity (Wildman–Crippen MR) is 65.2 cm³/mol. The van der Waals surface area contributed by atoms with Gasteiger partial charge in [-0.15, -0.1) is 0 Å². The van der Waals surface area contributed by atoms with Crippen LogP contribution >= 0.6 is 0 Å². The molecule has 0 fully saturated rings. The molecule has 0 aliphatic heterocycles. The van der Waals surface area contributed by atoms with Gasteiger partial charge in [-0.25, -0.2) is 13.4 Å². The second-order valence-electron chi connectivity index (χ2n) is 4.12. The number of hydrogen-bond donors (Lipinski definition) is 0. The van der Waals surface area contributed by atoms with E-state index in [1.807, 2.05) is 6.20 Å². The van der Waals surface area contributed by atoms with Crippen molar-refractivity contribution in [2.75, 3.05) is 12.0 Å². The molecule has 0 radical (unpaired) electrons. The Morgan fingerprint density at radius 2 is 2.12 bits per heavy atom. The summed E-state index contributed by atoms with van der Waals surface area (Å²) in [5.41, 5.74) is 0. The van der Waals surface area contributed by atoms with Crippen LogP contribution in [0.25, 0.3) is 0 Å². The summed E-state index contributed by atoms with van der Waals surface area (Å²) in [5, 5.41) is 0. The summed E-state index contributed by atoms with van der Waals surface area (Å²) >= 11 is 0. The summed E-state index contributed by atoms with van der Waals surface area (Å²) in [6.45, 7) is 2.89. The van der Waals surface area contributed by atoms with Crippen molar-refractivity contribution in [3.8, 4) is 0 Å². The van der Waals surface area contributed by atoms with Gasteiger partial charge in [0.1, 0.15) is 15.7 Å². The van der Waals surface area contributed by atoms with E-state index in [9.17, 15) is 8.42 Å². The van der Waals surface area contributed by atoms with Crippen molar-refractivity contribution in [1.29, 1.82) is 0 Å². The fourth-order valence-electron chi connectivity index (χ4n) is 1.60. The minimum atomic E-state index is -2.84. The van der Waals surface area contributed by atoms with Crippen LogP contribution in [0.15, 0.2) is 12.4 Å². The lowest BCUT2D eigenvalue weighted by Crippen LogP contribution is -2.09. The maximum absolute atomic E-state index is 11.0. The second-order valence-corrected chi connectivity index (χ2v) is 6.38. The van der Waals surface area contributed by atoms with Crippen LogP contribution in [0.5, 0.6) is 0 Å². The first-order valence-corrected chi connectivity index (χ1v) is 7.76. The van der Waals surface area contributed by atoms with E-state index in [-0.39, 0.29) is 5.75 Å². The average Bonchev–Trinajstić information content (AvgIpc) is 2.60. The number of rotatable bonds is 7. The molecule has 5 heteroatoms. The molecule has 4 nitrogen and oxygen atoms in total. The van der Waals surface area contributed by atoms with Crippen molar-refractivity contribution >= 4 is 9.84 Å². The Bertz CT molecular complexity index is 409. The van der Waals surface area contributed by atoms with Gasteiger partial charge in [0.25, 0.3) is 0 Å². The van der Waals surface area contributed by atoms with E-state index in [0.717, 1.165) is 31.6 Å². The van der Waals surface area contributed by atoms with Crippen LogP contribution in [0.1, 0.15) is 32.0 Å². The maximum atomic E-state index is 11.0. The van der Waals surface area contributed by atoms with Gasteiger partial charge in [-0.05, 0) is 12.8 Å². The molecule has 0 bridgehead atoms. The highest BCUT2D eigenvalue weighted by molar-refractivity contribution is 7.90. The van der Waals surface area contributed by atoms with E-state index in [1.54, 1.807) is 6.20 Å². The monoisotopic (exact) mass is 244 g/mol. The average molecular weight is 244 g/mol. The quantitative estimate of drug-likeness (QED) is 0.733. The number of imidazole rings is 1. The molecule has 0 aliphatic rings. The molecule has 1 aromatic heterocycles. The van der Waals surface area contributed by atoms with Crippen molar-refractivity contribution in [3.63, 3.8) is 0 Å². The first-order chi connectivity index (χ1) is 7.53. The zero-order chi connectivity index (χ0) is 12.0. The van der Waals surface area contributed by atoms with E-state index < -0.39 is 9.84 Å². The van der Waals surface area contributed by atoms with E-state index in [4.69, 9.17) is 0 Å². The highest BCUT2D eigenvalue weighted by Crippen LogP contribution is 2.05. The Kier molecular flexibility index (Phi) is 4.99. The highest BCUT2D eigenvalue weighted by atomic mass is 32.2. The van der Waals surface area contributed by atoms with Gasteiger partial charge in [0, 0.05) is 31.6 Å². The lowest BCUT2D eigenvalue weighted by molar-refractivity contribution is 0.584. The fourth-order valence-corrected chi connectivity index (χ4v) is 2.26. The minimum absolute atomic E-state index is 0.248. The molecule has 1 rings (SSSR count). The number of nitrogens with zero attached hydrogens (tertiary/aromatic N) is 2. The first-order valence-electron chi connectivity index (χ1n) is 5.70. The molecule has 0 saturated heterocycles. The number of hydrogen-bond acceptors (Lipinski definition) is 3. The third-order valence-corrected chi connectivity index (χ3v) is 3.50. The molecule has 0 spiro atoms. The summed E-state index contributed by atoms with van der Waals surface area (Å²) in [7, 11) is -2.84. The molecule has 0 saturated carbocycles. The van der Waals surface area contributed by atoms with Crippen molar-refractivity contribution in [2.24, 2.45) is 0 Å². The fraction of sp³-hybridized carbons (Fsp3) is 0.727. The van der Waals surface area contributed by atoms with Crippen molar-refractivity contribution in [3.05, 3.63) is 18.2 Å². The maximum Gasteiger partial charge on any atom is 0.147 e. The zero-order valence-electron chi connectivity index (χ0n) is 10.0. The van der Waals surface area contributed by atoms with Gasteiger partial charge in [0.05, 0.1) is 5.75 Å². The molecule has 0 atom stereocenters. The largest absolute Gasteiger partial charge is 0.335 e. The molecule has 0 aliphatic carbocycles. The summed E-state index contributed by atoms with van der Waals surface area (Å²) in [5.74, 6) is 1.31. The van der Waals surface area contributed by atoms with Gasteiger partial charge in [-0.2, -0.15) is 0 Å². The van der Waals surface area contributed by atoms with E-state index in [2.05, 4.69) is 16.5 Å². The molecule has 16 heavy (non-hydrogen) atoms. The van der Waals surface area contributed by atoms with Crippen LogP contribution in [0, 0.1) is 0 Å². The van der Waals surface area contributed by atoms with E-state index in [0.29, 0.717) is 6.42 Å². The lowest BCUT2D eigenvalue weighted by atomic mass is 10.2. The number of aryl methyl sites for hydroxylation is 2. The smallest absolute Gasteiger partial charge is 0.147 e. The molecule has 0 amide bonds. The molecule has 0 N–H and O–H groups in total. The minimum Gasteiger partial charge on any atom is -0.335 e. The van der Waals surface area contributed by atoms with Gasteiger partial charge in [0.2, 0.25) is 0 Å². The van der Waals surface area contributed by atoms with Crippen LogP contribution in [-0.4, -0.2) is 30.0 Å². The Balaban J connectivity index is 2.44. The van der Waals surface area contributed by atoms with E-state index >= 15 is 0 Å². The molecule has 0 unspecified atom stereocenters. The topological polar surface area (TPSA) is 52.0 Å². The van der Waals surface area contributed by atoms with Crippen LogP contribution in [0.2, 0.25) is 0 Å². The van der Waals surface area contributed by atoms with Crippen LogP contribution in [0.4, 0.5) is 0 Å². The number of aromatic nitrogens is 2. The molecular weight excluding hydrogens is 224 g/mol. The van der Waals surface area contributed by atoms with E-state index in [1.165, 1.54) is 6.26 Å². The Morgan fingerprint density at radius 3 is 2.75 bits per heavy atom. The summed E-state index contributed by atoms with van der Waals surface area (Å²) < 4.78 is 24.0. The van der Waals surface area contributed by atoms with Crippen molar-refractivity contribution < 1.29 is 8.42 Å². The van der Waals surface area contributed by atoms with Gasteiger partial charge in [-0.1, -0.05) is 13.3 Å². The van der Waals surface area contributed by atoms with Crippen molar-refractivity contribution in [1.82, 2.24) is 9.55 Å². The zero-order valence-corrected chi connectivity index (χ0v) is 10.8. The third-order valence-electron chi connectivity index (χ3n) is 2.47. The van der Waals surface area contributed by atoms with Gasteiger partial charge >= 0.3 is 0 Å². The Hall–Kier alpha value is -0.840. The SMILES string of the molecule is CCCCc1nccn1CCCS(C)(=O)=O. The van der Waals surface area contributed by atoms with Crippen LogP contribution in [0.3, 0.4) is 0 Å². The normalized spacial score (nSPS) is 11.9. The third kappa shape index (κ3) is 4.79. The predicted octanol–water partition coefficient (Wildman–Crippen LogP) is 1.66. The summed E-state index contributed by atoms with van der Waals surface area (Å²) in [6.07, 6.45) is 8.90. The summed E-state index contributed by atoms with van der Waals surface area (Å²) in [6, 6.07) is 0. The lowest BCUT2D eigenvalue weighted by Gasteiger charge is -2.06. The Morgan fingerprint density at radius 1 is 1.38 bits per heavy atom. The first kappa shape index (κ1) is 13.2. The number of sulfone groups is 1. The highest BCUT2D eigenvalue weighted by Gasteiger charge is 2.05. The second kappa shape index (κ2) is 6.03.